The van der Waals surface area contributed by atoms with Crippen LogP contribution < -0.4 is 0 Å². The molecule has 1 heteroatoms. The smallest absolute Gasteiger partial charge is 0.0440 e. The zero-order valence-corrected chi connectivity index (χ0v) is 8.93. The van der Waals surface area contributed by atoms with E-state index in [9.17, 15) is 0 Å². The molecule has 70 valence electrons. The first-order valence-corrected chi connectivity index (χ1v) is 5.35. The van der Waals surface area contributed by atoms with E-state index >= 15 is 0 Å². The largest absolute Gasteiger partial charge is 0.0840 e. The van der Waals surface area contributed by atoms with Crippen molar-refractivity contribution in [2.24, 2.45) is 0 Å². The van der Waals surface area contributed by atoms with Crippen molar-refractivity contribution in [2.45, 2.75) is 38.5 Å². The van der Waals surface area contributed by atoms with E-state index < -0.39 is 0 Å². The molecule has 1 aromatic carbocycles. The first kappa shape index (κ1) is 9.08. The highest BCUT2D eigenvalue weighted by Gasteiger charge is 2.24. The molecule has 1 aromatic rings. The minimum Gasteiger partial charge on any atom is -0.0840 e. The number of hydrogen-bond acceptors (Lipinski definition) is 0. The van der Waals surface area contributed by atoms with Crippen molar-refractivity contribution in [1.82, 2.24) is 0 Å². The Morgan fingerprint density at radius 1 is 1.31 bits per heavy atom. The standard InChI is InChI=1S/C12H15Cl/c1-8(2)11-7-10(9-3-4-9)5-6-12(11)13/h5-9H,3-4H2,1-2H3. The van der Waals surface area contributed by atoms with Crippen LogP contribution in [-0.2, 0) is 0 Å². The number of benzene rings is 1. The van der Waals surface area contributed by atoms with E-state index in [4.69, 9.17) is 11.6 Å². The van der Waals surface area contributed by atoms with Crippen molar-refractivity contribution in [3.8, 4) is 0 Å². The number of halogens is 1. The summed E-state index contributed by atoms with van der Waals surface area (Å²) in [4.78, 5) is 0. The van der Waals surface area contributed by atoms with Crippen LogP contribution in [0.1, 0.15) is 49.7 Å². The van der Waals surface area contributed by atoms with E-state index in [2.05, 4.69) is 26.0 Å². The third kappa shape index (κ3) is 1.88. The van der Waals surface area contributed by atoms with Gasteiger partial charge in [0.25, 0.3) is 0 Å². The predicted octanol–water partition coefficient (Wildman–Crippen LogP) is 4.34. The van der Waals surface area contributed by atoms with Gasteiger partial charge in [-0.3, -0.25) is 0 Å². The summed E-state index contributed by atoms with van der Waals surface area (Å²) in [5, 5.41) is 0.916. The highest BCUT2D eigenvalue weighted by molar-refractivity contribution is 6.31. The molecule has 0 N–H and O–H groups in total. The molecule has 0 bridgehead atoms. The quantitative estimate of drug-likeness (QED) is 0.657. The zero-order valence-electron chi connectivity index (χ0n) is 8.18. The van der Waals surface area contributed by atoms with Gasteiger partial charge >= 0.3 is 0 Å². The van der Waals surface area contributed by atoms with Gasteiger partial charge in [-0.05, 0) is 41.9 Å². The van der Waals surface area contributed by atoms with E-state index in [1.807, 2.05) is 6.07 Å². The van der Waals surface area contributed by atoms with E-state index in [0.717, 1.165) is 10.9 Å². The lowest BCUT2D eigenvalue weighted by molar-refractivity contribution is 0.862. The zero-order chi connectivity index (χ0) is 9.42. The number of hydrogen-bond donors (Lipinski definition) is 0. The first-order valence-electron chi connectivity index (χ1n) is 4.98. The molecular formula is C12H15Cl. The molecule has 0 nitrogen and oxygen atoms in total. The monoisotopic (exact) mass is 194 g/mol. The second-order valence-electron chi connectivity index (χ2n) is 4.21. The first-order chi connectivity index (χ1) is 6.18. The molecule has 0 amide bonds. The van der Waals surface area contributed by atoms with Crippen LogP contribution in [0.4, 0.5) is 0 Å². The van der Waals surface area contributed by atoms with Gasteiger partial charge in [0.1, 0.15) is 0 Å². The van der Waals surface area contributed by atoms with Crippen LogP contribution in [-0.4, -0.2) is 0 Å². The van der Waals surface area contributed by atoms with E-state index in [-0.39, 0.29) is 0 Å². The Labute approximate surface area is 84.9 Å². The summed E-state index contributed by atoms with van der Waals surface area (Å²) < 4.78 is 0. The molecule has 0 radical (unpaired) electrons. The lowest BCUT2D eigenvalue weighted by atomic mass is 9.99. The van der Waals surface area contributed by atoms with E-state index in [1.54, 1.807) is 0 Å². The lowest BCUT2D eigenvalue weighted by Gasteiger charge is -2.09. The van der Waals surface area contributed by atoms with Gasteiger partial charge in [-0.1, -0.05) is 37.6 Å². The van der Waals surface area contributed by atoms with Gasteiger partial charge in [-0.25, -0.2) is 0 Å². The summed E-state index contributed by atoms with van der Waals surface area (Å²) in [6.07, 6.45) is 2.72. The Balaban J connectivity index is 2.36. The van der Waals surface area contributed by atoms with Gasteiger partial charge in [0.05, 0.1) is 0 Å². The Morgan fingerprint density at radius 3 is 2.54 bits per heavy atom. The fourth-order valence-corrected chi connectivity index (χ4v) is 2.01. The summed E-state index contributed by atoms with van der Waals surface area (Å²) in [6.45, 7) is 4.38. The van der Waals surface area contributed by atoms with Gasteiger partial charge in [-0.15, -0.1) is 0 Å². The minimum absolute atomic E-state index is 0.534. The average Bonchev–Trinajstić information content (AvgIpc) is 2.87. The van der Waals surface area contributed by atoms with Gasteiger partial charge < -0.3 is 0 Å². The summed E-state index contributed by atoms with van der Waals surface area (Å²) >= 11 is 6.12. The molecule has 0 aromatic heterocycles. The molecule has 0 aliphatic heterocycles. The average molecular weight is 195 g/mol. The maximum absolute atomic E-state index is 6.12. The highest BCUT2D eigenvalue weighted by atomic mass is 35.5. The Bertz CT molecular complexity index is 311. The molecule has 1 aliphatic carbocycles. The molecule has 0 atom stereocenters. The Hall–Kier alpha value is -0.490. The van der Waals surface area contributed by atoms with E-state index in [0.29, 0.717) is 5.92 Å². The van der Waals surface area contributed by atoms with Gasteiger partial charge in [-0.2, -0.15) is 0 Å². The van der Waals surface area contributed by atoms with Crippen LogP contribution in [0.2, 0.25) is 5.02 Å². The molecule has 0 heterocycles. The van der Waals surface area contributed by atoms with Crippen LogP contribution in [0, 0.1) is 0 Å². The molecule has 0 spiro atoms. The molecule has 1 saturated carbocycles. The van der Waals surface area contributed by atoms with Crippen LogP contribution in [0.15, 0.2) is 18.2 Å². The van der Waals surface area contributed by atoms with Crippen molar-refractivity contribution in [1.29, 1.82) is 0 Å². The van der Waals surface area contributed by atoms with Crippen molar-refractivity contribution < 1.29 is 0 Å². The molecule has 0 unspecified atom stereocenters. The Kier molecular flexibility index (Phi) is 2.33. The molecular weight excluding hydrogens is 180 g/mol. The van der Waals surface area contributed by atoms with Gasteiger partial charge in [0, 0.05) is 5.02 Å². The summed E-state index contributed by atoms with van der Waals surface area (Å²) in [6, 6.07) is 6.50. The maximum atomic E-state index is 6.12. The highest BCUT2D eigenvalue weighted by Crippen LogP contribution is 2.41. The molecule has 0 saturated heterocycles. The maximum Gasteiger partial charge on any atom is 0.0440 e. The Morgan fingerprint density at radius 2 is 2.00 bits per heavy atom. The summed E-state index contributed by atoms with van der Waals surface area (Å²) in [7, 11) is 0. The van der Waals surface area contributed by atoms with Crippen LogP contribution in [0.3, 0.4) is 0 Å². The molecule has 1 fully saturated rings. The van der Waals surface area contributed by atoms with E-state index in [1.165, 1.54) is 24.0 Å². The minimum atomic E-state index is 0.534. The third-order valence-electron chi connectivity index (χ3n) is 2.69. The topological polar surface area (TPSA) is 0 Å². The van der Waals surface area contributed by atoms with Crippen molar-refractivity contribution in [2.75, 3.05) is 0 Å². The third-order valence-corrected chi connectivity index (χ3v) is 3.04. The molecule has 13 heavy (non-hydrogen) atoms. The van der Waals surface area contributed by atoms with Crippen LogP contribution in [0.5, 0.6) is 0 Å². The summed E-state index contributed by atoms with van der Waals surface area (Å²) in [5.41, 5.74) is 2.78. The van der Waals surface area contributed by atoms with Crippen LogP contribution >= 0.6 is 11.6 Å². The number of rotatable bonds is 2. The van der Waals surface area contributed by atoms with Crippen molar-refractivity contribution in [3.05, 3.63) is 34.3 Å². The second-order valence-corrected chi connectivity index (χ2v) is 4.62. The molecule has 2 rings (SSSR count). The SMILES string of the molecule is CC(C)c1cc(C2CC2)ccc1Cl. The fraction of sp³-hybridized carbons (Fsp3) is 0.500. The normalized spacial score (nSPS) is 16.6. The second kappa shape index (κ2) is 3.34. The molecule has 1 aliphatic rings. The van der Waals surface area contributed by atoms with Crippen molar-refractivity contribution >= 4 is 11.6 Å². The van der Waals surface area contributed by atoms with Gasteiger partial charge in [0.15, 0.2) is 0 Å². The van der Waals surface area contributed by atoms with Crippen molar-refractivity contribution in [3.63, 3.8) is 0 Å². The lowest BCUT2D eigenvalue weighted by Crippen LogP contribution is -1.91. The predicted molar refractivity (Wildman–Crippen MR) is 57.5 cm³/mol. The van der Waals surface area contributed by atoms with Crippen LogP contribution in [0.25, 0.3) is 0 Å². The summed E-state index contributed by atoms with van der Waals surface area (Å²) in [5.74, 6) is 1.36. The fourth-order valence-electron chi connectivity index (χ4n) is 1.68. The van der Waals surface area contributed by atoms with Gasteiger partial charge in [0.2, 0.25) is 0 Å².